The van der Waals surface area contributed by atoms with Gasteiger partial charge in [0, 0.05) is 36.5 Å². The summed E-state index contributed by atoms with van der Waals surface area (Å²) in [6.45, 7) is 0.366. The first-order chi connectivity index (χ1) is 12.7. The zero-order chi connectivity index (χ0) is 18.4. The fraction of sp³-hybridized carbons (Fsp3) is 0.222. The largest absolute Gasteiger partial charge is 0.493 e. The summed E-state index contributed by atoms with van der Waals surface area (Å²) in [4.78, 5) is 16.2. The molecule has 0 aliphatic carbocycles. The lowest BCUT2D eigenvalue weighted by Crippen LogP contribution is -2.25. The molecule has 3 aromatic rings. The number of nitrogens with zero attached hydrogens (tertiary/aromatic N) is 3. The van der Waals surface area contributed by atoms with Gasteiger partial charge in [-0.15, -0.1) is 10.2 Å². The minimum atomic E-state index is -0.222. The highest BCUT2D eigenvalue weighted by molar-refractivity contribution is 5.94. The van der Waals surface area contributed by atoms with Crippen molar-refractivity contribution in [2.45, 2.75) is 6.42 Å². The van der Waals surface area contributed by atoms with Gasteiger partial charge < -0.3 is 19.2 Å². The molecule has 1 amide bonds. The number of aromatic nitrogens is 3. The number of rotatable bonds is 7. The third-order valence-electron chi connectivity index (χ3n) is 3.66. The molecule has 1 N–H and O–H groups in total. The number of carbonyl (C=O) groups excluding carboxylic acids is 1. The van der Waals surface area contributed by atoms with E-state index >= 15 is 0 Å². The lowest BCUT2D eigenvalue weighted by molar-refractivity contribution is 0.0953. The fourth-order valence-electron chi connectivity index (χ4n) is 2.33. The molecule has 1 aromatic carbocycles. The summed E-state index contributed by atoms with van der Waals surface area (Å²) in [5.74, 6) is 1.72. The Bertz CT molecular complexity index is 880. The van der Waals surface area contributed by atoms with Crippen LogP contribution in [0.2, 0.25) is 0 Å². The Morgan fingerprint density at radius 2 is 1.85 bits per heavy atom. The van der Waals surface area contributed by atoms with Gasteiger partial charge in [-0.2, -0.15) is 0 Å². The van der Waals surface area contributed by atoms with Gasteiger partial charge in [0.05, 0.1) is 14.2 Å². The number of amides is 1. The SMILES string of the molecule is COc1ccc(C(=O)NCCc2nnc(-c3ccncc3)o2)cc1OC. The smallest absolute Gasteiger partial charge is 0.251 e. The minimum absolute atomic E-state index is 0.222. The molecule has 0 fully saturated rings. The number of pyridine rings is 1. The van der Waals surface area contributed by atoms with Gasteiger partial charge in [0.15, 0.2) is 11.5 Å². The third-order valence-corrected chi connectivity index (χ3v) is 3.66. The average molecular weight is 354 g/mol. The van der Waals surface area contributed by atoms with E-state index in [2.05, 4.69) is 20.5 Å². The van der Waals surface area contributed by atoms with Crippen molar-refractivity contribution in [1.82, 2.24) is 20.5 Å². The zero-order valence-electron chi connectivity index (χ0n) is 14.4. The molecular formula is C18H18N4O4. The topological polar surface area (TPSA) is 99.4 Å². The third kappa shape index (κ3) is 3.97. The van der Waals surface area contributed by atoms with E-state index in [0.717, 1.165) is 5.56 Å². The van der Waals surface area contributed by atoms with Crippen LogP contribution in [0, 0.1) is 0 Å². The molecule has 2 heterocycles. The molecular weight excluding hydrogens is 336 g/mol. The van der Waals surface area contributed by atoms with Crippen LogP contribution in [0.3, 0.4) is 0 Å². The summed E-state index contributed by atoms with van der Waals surface area (Å²) < 4.78 is 15.9. The predicted molar refractivity (Wildman–Crippen MR) is 93.1 cm³/mol. The van der Waals surface area contributed by atoms with E-state index in [1.54, 1.807) is 49.8 Å². The van der Waals surface area contributed by atoms with Crippen LogP contribution in [-0.2, 0) is 6.42 Å². The molecule has 0 unspecified atom stereocenters. The molecule has 0 saturated carbocycles. The molecule has 8 heteroatoms. The Kier molecular flexibility index (Phi) is 5.43. The maximum absolute atomic E-state index is 12.2. The molecule has 3 rings (SSSR count). The number of benzene rings is 1. The molecule has 0 atom stereocenters. The lowest BCUT2D eigenvalue weighted by atomic mass is 10.2. The van der Waals surface area contributed by atoms with Gasteiger partial charge in [0.2, 0.25) is 11.8 Å². The van der Waals surface area contributed by atoms with Gasteiger partial charge in [0.25, 0.3) is 5.91 Å². The first-order valence-corrected chi connectivity index (χ1v) is 7.94. The Hall–Kier alpha value is -3.42. The summed E-state index contributed by atoms with van der Waals surface area (Å²) in [7, 11) is 3.07. The van der Waals surface area contributed by atoms with Gasteiger partial charge in [0.1, 0.15) is 0 Å². The first kappa shape index (κ1) is 17.4. The van der Waals surface area contributed by atoms with Crippen molar-refractivity contribution in [2.24, 2.45) is 0 Å². The van der Waals surface area contributed by atoms with Crippen LogP contribution in [0.15, 0.2) is 47.1 Å². The normalized spacial score (nSPS) is 10.4. The summed E-state index contributed by atoms with van der Waals surface area (Å²) in [6.07, 6.45) is 3.74. The van der Waals surface area contributed by atoms with Gasteiger partial charge in [-0.05, 0) is 30.3 Å². The van der Waals surface area contributed by atoms with Crippen molar-refractivity contribution in [1.29, 1.82) is 0 Å². The van der Waals surface area contributed by atoms with Crippen LogP contribution in [0.25, 0.3) is 11.5 Å². The van der Waals surface area contributed by atoms with Crippen molar-refractivity contribution in [3.63, 3.8) is 0 Å². The second-order valence-electron chi connectivity index (χ2n) is 5.31. The molecule has 0 radical (unpaired) electrons. The average Bonchev–Trinajstić information content (AvgIpc) is 3.17. The van der Waals surface area contributed by atoms with Gasteiger partial charge in [-0.25, -0.2) is 0 Å². The summed E-state index contributed by atoms with van der Waals surface area (Å²) in [5, 5.41) is 10.8. The van der Waals surface area contributed by atoms with Crippen molar-refractivity contribution >= 4 is 5.91 Å². The van der Waals surface area contributed by atoms with Crippen LogP contribution in [0.4, 0.5) is 0 Å². The highest BCUT2D eigenvalue weighted by Crippen LogP contribution is 2.27. The van der Waals surface area contributed by atoms with Crippen molar-refractivity contribution in [3.8, 4) is 23.0 Å². The predicted octanol–water partition coefficient (Wildman–Crippen LogP) is 2.12. The molecule has 0 saturated heterocycles. The summed E-state index contributed by atoms with van der Waals surface area (Å²) in [6, 6.07) is 8.56. The van der Waals surface area contributed by atoms with E-state index in [1.807, 2.05) is 0 Å². The Morgan fingerprint density at radius 1 is 1.08 bits per heavy atom. The number of nitrogens with one attached hydrogen (secondary N) is 1. The minimum Gasteiger partial charge on any atom is -0.493 e. The molecule has 26 heavy (non-hydrogen) atoms. The van der Waals surface area contributed by atoms with Crippen LogP contribution < -0.4 is 14.8 Å². The van der Waals surface area contributed by atoms with Crippen molar-refractivity contribution in [3.05, 3.63) is 54.2 Å². The standard InChI is InChI=1S/C18H18N4O4/c1-24-14-4-3-13(11-15(14)25-2)17(23)20-10-7-16-21-22-18(26-16)12-5-8-19-9-6-12/h3-6,8-9,11H,7,10H2,1-2H3,(H,20,23). The van der Waals surface area contributed by atoms with Crippen molar-refractivity contribution in [2.75, 3.05) is 20.8 Å². The van der Waals surface area contributed by atoms with Crippen LogP contribution in [0.1, 0.15) is 16.2 Å². The number of hydrogen-bond donors (Lipinski definition) is 1. The highest BCUT2D eigenvalue weighted by Gasteiger charge is 2.12. The molecule has 2 aromatic heterocycles. The molecule has 0 spiro atoms. The quantitative estimate of drug-likeness (QED) is 0.694. The fourth-order valence-corrected chi connectivity index (χ4v) is 2.33. The Morgan fingerprint density at radius 3 is 2.58 bits per heavy atom. The lowest BCUT2D eigenvalue weighted by Gasteiger charge is -2.09. The van der Waals surface area contributed by atoms with Crippen LogP contribution in [0.5, 0.6) is 11.5 Å². The van der Waals surface area contributed by atoms with Gasteiger partial charge in [-0.3, -0.25) is 9.78 Å². The monoisotopic (exact) mass is 354 g/mol. The number of methoxy groups -OCH3 is 2. The highest BCUT2D eigenvalue weighted by atomic mass is 16.5. The van der Waals surface area contributed by atoms with E-state index in [9.17, 15) is 4.79 Å². The molecule has 8 nitrogen and oxygen atoms in total. The number of hydrogen-bond acceptors (Lipinski definition) is 7. The van der Waals surface area contributed by atoms with E-state index in [0.29, 0.717) is 41.8 Å². The zero-order valence-corrected chi connectivity index (χ0v) is 14.4. The van der Waals surface area contributed by atoms with E-state index in [1.165, 1.54) is 7.11 Å². The van der Waals surface area contributed by atoms with Crippen LogP contribution >= 0.6 is 0 Å². The second kappa shape index (κ2) is 8.11. The maximum Gasteiger partial charge on any atom is 0.251 e. The number of carbonyl (C=O) groups is 1. The Balaban J connectivity index is 1.57. The number of ether oxygens (including phenoxy) is 2. The van der Waals surface area contributed by atoms with E-state index < -0.39 is 0 Å². The summed E-state index contributed by atoms with van der Waals surface area (Å²) >= 11 is 0. The van der Waals surface area contributed by atoms with Crippen LogP contribution in [-0.4, -0.2) is 41.9 Å². The van der Waals surface area contributed by atoms with Crippen molar-refractivity contribution < 1.29 is 18.7 Å². The molecule has 0 aliphatic rings. The molecule has 134 valence electrons. The van der Waals surface area contributed by atoms with E-state index in [4.69, 9.17) is 13.9 Å². The van der Waals surface area contributed by atoms with Gasteiger partial charge >= 0.3 is 0 Å². The molecule has 0 bridgehead atoms. The van der Waals surface area contributed by atoms with E-state index in [-0.39, 0.29) is 5.91 Å². The van der Waals surface area contributed by atoms with Gasteiger partial charge in [-0.1, -0.05) is 0 Å². The Labute approximate surface area is 150 Å². The maximum atomic E-state index is 12.2. The first-order valence-electron chi connectivity index (χ1n) is 7.94. The summed E-state index contributed by atoms with van der Waals surface area (Å²) in [5.41, 5.74) is 1.28. The molecule has 0 aliphatic heterocycles. The second-order valence-corrected chi connectivity index (χ2v) is 5.31.